The summed E-state index contributed by atoms with van der Waals surface area (Å²) >= 11 is 1.61. The molecule has 244 valence electrons. The van der Waals surface area contributed by atoms with Crippen molar-refractivity contribution >= 4 is 40.2 Å². The molecule has 2 N–H and O–H groups in total. The van der Waals surface area contributed by atoms with Crippen LogP contribution in [-0.4, -0.2) is 50.7 Å². The first-order valence-electron chi connectivity index (χ1n) is 13.3. The molecule has 1 fully saturated rings. The first-order valence-corrected chi connectivity index (χ1v) is 14.4. The van der Waals surface area contributed by atoms with Gasteiger partial charge in [-0.3, -0.25) is 5.32 Å². The minimum absolute atomic E-state index is 0.129. The molecule has 4 rings (SSSR count). The third-order valence-electron chi connectivity index (χ3n) is 6.70. The van der Waals surface area contributed by atoms with E-state index in [1.165, 1.54) is 31.7 Å². The van der Waals surface area contributed by atoms with Gasteiger partial charge in [-0.25, -0.2) is 14.2 Å². The fraction of sp³-hybridized carbons (Fsp3) is 0.429. The van der Waals surface area contributed by atoms with Crippen molar-refractivity contribution in [2.75, 3.05) is 16.8 Å². The number of aliphatic hydroxyl groups is 1. The average Bonchev–Trinajstić information content (AvgIpc) is 3.58. The van der Waals surface area contributed by atoms with Crippen LogP contribution in [0.25, 0.3) is 11.6 Å². The van der Waals surface area contributed by atoms with Crippen LogP contribution in [0, 0.1) is 9.39 Å². The van der Waals surface area contributed by atoms with Gasteiger partial charge >= 0.3 is 18.4 Å². The van der Waals surface area contributed by atoms with Gasteiger partial charge in [0.1, 0.15) is 22.8 Å². The largest absolute Gasteiger partial charge is 0.444 e. The molecule has 0 unspecified atom stereocenters. The molecule has 0 radical (unpaired) electrons. The zero-order valence-corrected chi connectivity index (χ0v) is 26.1. The molecule has 1 aliphatic rings. The average molecular weight is 757 g/mol. The van der Waals surface area contributed by atoms with Crippen molar-refractivity contribution in [3.63, 3.8) is 0 Å². The van der Waals surface area contributed by atoms with Crippen LogP contribution in [0.1, 0.15) is 57.1 Å². The number of anilines is 2. The lowest BCUT2D eigenvalue weighted by molar-refractivity contribution is -0.256. The van der Waals surface area contributed by atoms with Gasteiger partial charge in [-0.05, 0) is 86.9 Å². The van der Waals surface area contributed by atoms with Gasteiger partial charge in [-0.15, -0.1) is 16.8 Å². The van der Waals surface area contributed by atoms with Crippen molar-refractivity contribution in [3.05, 3.63) is 63.3 Å². The van der Waals surface area contributed by atoms with Gasteiger partial charge in [0.15, 0.2) is 5.69 Å². The molecule has 1 aliphatic heterocycles. The van der Waals surface area contributed by atoms with Gasteiger partial charge in [-0.2, -0.15) is 26.3 Å². The Kier molecular flexibility index (Phi) is 9.46. The van der Waals surface area contributed by atoms with E-state index in [4.69, 9.17) is 9.15 Å². The maximum atomic E-state index is 14.7. The Morgan fingerprint density at radius 2 is 1.87 bits per heavy atom. The molecule has 0 bridgehead atoms. The maximum Gasteiger partial charge on any atom is 0.430 e. The molecule has 2 atom stereocenters. The summed E-state index contributed by atoms with van der Waals surface area (Å²) in [6.45, 7) is 8.28. The van der Waals surface area contributed by atoms with Crippen LogP contribution in [0.15, 0.2) is 41.3 Å². The van der Waals surface area contributed by atoms with Crippen LogP contribution >= 0.6 is 22.6 Å². The second kappa shape index (κ2) is 12.4. The van der Waals surface area contributed by atoms with Crippen LogP contribution in [0.4, 0.5) is 47.0 Å². The zero-order valence-electron chi connectivity index (χ0n) is 24.0. The number of aromatic nitrogens is 3. The Morgan fingerprint density at radius 3 is 2.47 bits per heavy atom. The van der Waals surface area contributed by atoms with Gasteiger partial charge in [-0.1, -0.05) is 6.08 Å². The molecule has 1 aromatic carbocycles. The summed E-state index contributed by atoms with van der Waals surface area (Å²) < 4.78 is 112. The van der Waals surface area contributed by atoms with Crippen molar-refractivity contribution < 1.29 is 49.8 Å². The predicted molar refractivity (Wildman–Crippen MR) is 156 cm³/mol. The number of halogens is 8. The Morgan fingerprint density at radius 1 is 1.18 bits per heavy atom. The highest BCUT2D eigenvalue weighted by molar-refractivity contribution is 14.1. The molecule has 9 nitrogen and oxygen atoms in total. The lowest BCUT2D eigenvalue weighted by Crippen LogP contribution is -2.44. The minimum atomic E-state index is -5.61. The quantitative estimate of drug-likeness (QED) is 0.144. The van der Waals surface area contributed by atoms with Crippen LogP contribution in [0.3, 0.4) is 0 Å². The minimum Gasteiger partial charge on any atom is -0.444 e. The summed E-state index contributed by atoms with van der Waals surface area (Å²) in [4.78, 5) is 18.1. The monoisotopic (exact) mass is 757 g/mol. The van der Waals surface area contributed by atoms with E-state index in [9.17, 15) is 40.6 Å². The number of alkyl halides is 6. The molecule has 0 spiro atoms. The van der Waals surface area contributed by atoms with Gasteiger partial charge in [0.25, 0.3) is 17.4 Å². The number of nitrogens with zero attached hydrogens (tertiary/aromatic N) is 4. The van der Waals surface area contributed by atoms with Crippen LogP contribution in [-0.2, 0) is 16.5 Å². The number of hydrogen-bond donors (Lipinski definition) is 2. The Balaban J connectivity index is 1.96. The third-order valence-corrected chi connectivity index (χ3v) is 7.37. The molecular weight excluding hydrogens is 730 g/mol. The molecule has 0 saturated carbocycles. The molecule has 0 aliphatic carbocycles. The molecule has 1 amide bonds. The topological polar surface area (TPSA) is 114 Å². The fourth-order valence-corrected chi connectivity index (χ4v) is 5.28. The third kappa shape index (κ3) is 7.18. The highest BCUT2D eigenvalue weighted by Gasteiger charge is 2.61. The van der Waals surface area contributed by atoms with Gasteiger partial charge in [0.05, 0.1) is 5.69 Å². The summed E-state index contributed by atoms with van der Waals surface area (Å²) in [6, 6.07) is 2.68. The first kappa shape index (κ1) is 34.4. The highest BCUT2D eigenvalue weighted by atomic mass is 127. The Hall–Kier alpha value is -3.48. The number of rotatable bonds is 7. The van der Waals surface area contributed by atoms with Gasteiger partial charge in [0.2, 0.25) is 0 Å². The second-order valence-electron chi connectivity index (χ2n) is 11.1. The zero-order chi connectivity index (χ0) is 33.5. The summed E-state index contributed by atoms with van der Waals surface area (Å²) in [5.41, 5.74) is -9.11. The van der Waals surface area contributed by atoms with E-state index in [1.807, 2.05) is 0 Å². The molecule has 45 heavy (non-hydrogen) atoms. The number of carbonyl (C=O) groups is 1. The number of ether oxygens (including phenoxy) is 1. The SMILES string of the molecule is C=CC[C@@H]1CCCN1c1nc(-c2nnc([C@](O)(c3cc(I)ccc3F)C(F)(F)F)o2)c(NC(=O)OC(C)(C)C)cc1C(F)(F)F. The number of hydrogen-bond acceptors (Lipinski definition) is 8. The standard InChI is InChI=1S/C28H27F7IN5O4/c1-5-7-15-8-6-11-41(15)21-17(27(30,31)32)13-19(37-24(42)45-25(2,3)4)20(38-21)22-39-40-23(44-22)26(43,28(33,34)35)16-12-14(36)9-10-18(16)29/h5,9-10,12-13,15,43H,1,6-8,11H2,2-4H3,(H,37,42)/t15-,26-/m1/s1. The van der Waals surface area contributed by atoms with Crippen molar-refractivity contribution in [2.24, 2.45) is 0 Å². The van der Waals surface area contributed by atoms with Gasteiger partial charge in [0, 0.05) is 21.7 Å². The van der Waals surface area contributed by atoms with E-state index in [0.29, 0.717) is 31.4 Å². The smallest absolute Gasteiger partial charge is 0.430 e. The van der Waals surface area contributed by atoms with Crippen LogP contribution in [0.2, 0.25) is 0 Å². The van der Waals surface area contributed by atoms with E-state index in [1.54, 1.807) is 22.6 Å². The molecule has 3 aromatic rings. The molecule has 2 aromatic heterocycles. The second-order valence-corrected chi connectivity index (χ2v) is 12.4. The Labute approximate surface area is 266 Å². The van der Waals surface area contributed by atoms with Crippen molar-refractivity contribution in [2.45, 2.75) is 69.6 Å². The van der Waals surface area contributed by atoms with E-state index in [2.05, 4.69) is 27.1 Å². The lowest BCUT2D eigenvalue weighted by atomic mass is 9.92. The molecule has 17 heteroatoms. The van der Waals surface area contributed by atoms with E-state index in [0.717, 1.165) is 12.1 Å². The predicted octanol–water partition coefficient (Wildman–Crippen LogP) is 7.58. The van der Waals surface area contributed by atoms with E-state index < -0.39 is 81.6 Å². The summed E-state index contributed by atoms with van der Waals surface area (Å²) in [6.07, 6.45) is -8.97. The number of benzene rings is 1. The molecular formula is C28H27F7IN5O4. The van der Waals surface area contributed by atoms with Gasteiger partial charge < -0.3 is 19.2 Å². The van der Waals surface area contributed by atoms with Crippen molar-refractivity contribution in [1.82, 2.24) is 15.2 Å². The first-order chi connectivity index (χ1) is 20.8. The number of carbonyl (C=O) groups excluding carboxylic acids is 1. The number of amides is 1. The van der Waals surface area contributed by atoms with Crippen LogP contribution < -0.4 is 10.2 Å². The van der Waals surface area contributed by atoms with E-state index >= 15 is 0 Å². The summed E-state index contributed by atoms with van der Waals surface area (Å²) in [5, 5.41) is 19.9. The number of nitrogens with one attached hydrogen (secondary N) is 1. The number of pyridine rings is 1. The lowest BCUT2D eigenvalue weighted by Gasteiger charge is -2.29. The summed E-state index contributed by atoms with van der Waals surface area (Å²) in [5.74, 6) is -4.49. The van der Waals surface area contributed by atoms with Crippen molar-refractivity contribution in [3.8, 4) is 11.6 Å². The van der Waals surface area contributed by atoms with Crippen LogP contribution in [0.5, 0.6) is 0 Å². The normalized spacial score (nSPS) is 17.2. The molecule has 1 saturated heterocycles. The maximum absolute atomic E-state index is 14.7. The van der Waals surface area contributed by atoms with E-state index in [-0.39, 0.29) is 10.1 Å². The van der Waals surface area contributed by atoms with Crippen molar-refractivity contribution in [1.29, 1.82) is 0 Å². The molecule has 3 heterocycles. The fourth-order valence-electron chi connectivity index (χ4n) is 4.78. The summed E-state index contributed by atoms with van der Waals surface area (Å²) in [7, 11) is 0. The highest BCUT2D eigenvalue weighted by Crippen LogP contribution is 2.47. The Bertz CT molecular complexity index is 1590.